The molecular formula is C17H22N2O2. The molecule has 1 aromatic carbocycles. The quantitative estimate of drug-likeness (QED) is 0.838. The third-order valence-corrected chi connectivity index (χ3v) is 3.89. The Hall–Kier alpha value is -1.84. The molecule has 1 aromatic rings. The van der Waals surface area contributed by atoms with Crippen molar-refractivity contribution < 1.29 is 9.59 Å². The van der Waals surface area contributed by atoms with Crippen LogP contribution in [0, 0.1) is 5.41 Å². The van der Waals surface area contributed by atoms with Crippen LogP contribution in [0.1, 0.15) is 40.0 Å². The lowest BCUT2D eigenvalue weighted by Gasteiger charge is -2.37. The summed E-state index contributed by atoms with van der Waals surface area (Å²) in [5, 5.41) is 0. The van der Waals surface area contributed by atoms with E-state index in [1.54, 1.807) is 4.90 Å². The first-order valence-electron chi connectivity index (χ1n) is 7.58. The Morgan fingerprint density at radius 3 is 2.38 bits per heavy atom. The third-order valence-electron chi connectivity index (χ3n) is 3.89. The fourth-order valence-corrected chi connectivity index (χ4v) is 2.83. The molecule has 21 heavy (non-hydrogen) atoms. The van der Waals surface area contributed by atoms with Gasteiger partial charge in [-0.15, -0.1) is 0 Å². The van der Waals surface area contributed by atoms with Crippen molar-refractivity contribution in [1.29, 1.82) is 0 Å². The van der Waals surface area contributed by atoms with E-state index in [-0.39, 0.29) is 23.8 Å². The highest BCUT2D eigenvalue weighted by Gasteiger charge is 2.40. The van der Waals surface area contributed by atoms with Crippen LogP contribution in [0.2, 0.25) is 0 Å². The Bertz CT molecular complexity index is 585. The van der Waals surface area contributed by atoms with Crippen LogP contribution in [-0.4, -0.2) is 24.4 Å². The van der Waals surface area contributed by atoms with E-state index in [4.69, 9.17) is 0 Å². The van der Waals surface area contributed by atoms with E-state index in [0.717, 1.165) is 24.2 Å². The van der Waals surface area contributed by atoms with Crippen LogP contribution in [0.15, 0.2) is 24.3 Å². The van der Waals surface area contributed by atoms with Gasteiger partial charge < -0.3 is 9.80 Å². The van der Waals surface area contributed by atoms with E-state index in [1.807, 2.05) is 49.9 Å². The normalized spacial score (nSPS) is 18.7. The second-order valence-electron chi connectivity index (χ2n) is 7.20. The number of anilines is 2. The van der Waals surface area contributed by atoms with E-state index >= 15 is 0 Å². The summed E-state index contributed by atoms with van der Waals surface area (Å²) >= 11 is 0. The number of nitrogens with zero attached hydrogens (tertiary/aromatic N) is 2. The van der Waals surface area contributed by atoms with Gasteiger partial charge in [0.25, 0.3) is 0 Å². The summed E-state index contributed by atoms with van der Waals surface area (Å²) in [6.07, 6.45) is 2.57. The lowest BCUT2D eigenvalue weighted by molar-refractivity contribution is -0.124. The van der Waals surface area contributed by atoms with Crippen LogP contribution in [0.5, 0.6) is 0 Å². The number of hydrogen-bond acceptors (Lipinski definition) is 2. The number of benzene rings is 1. The zero-order valence-electron chi connectivity index (χ0n) is 12.9. The Balaban J connectivity index is 1.94. The number of para-hydroxylation sites is 2. The standard InChI is InChI=1S/C17H22N2O2/c1-17(2,3)10-15(20)18-11-16(21)19(12-8-9-12)14-7-5-4-6-13(14)18/h4-7,12H,8-11H2,1-3H3. The molecule has 0 atom stereocenters. The smallest absolute Gasteiger partial charge is 0.247 e. The minimum atomic E-state index is -0.0807. The molecule has 1 aliphatic heterocycles. The van der Waals surface area contributed by atoms with Gasteiger partial charge in [0.15, 0.2) is 0 Å². The molecule has 0 saturated heterocycles. The molecule has 0 bridgehead atoms. The Morgan fingerprint density at radius 2 is 1.81 bits per heavy atom. The molecule has 4 heteroatoms. The number of carbonyl (C=O) groups excluding carboxylic acids is 2. The fourth-order valence-electron chi connectivity index (χ4n) is 2.83. The topological polar surface area (TPSA) is 40.6 Å². The molecule has 4 nitrogen and oxygen atoms in total. The van der Waals surface area contributed by atoms with Gasteiger partial charge >= 0.3 is 0 Å². The van der Waals surface area contributed by atoms with Crippen molar-refractivity contribution in [2.45, 2.75) is 46.1 Å². The van der Waals surface area contributed by atoms with E-state index < -0.39 is 0 Å². The van der Waals surface area contributed by atoms with Crippen molar-refractivity contribution in [1.82, 2.24) is 0 Å². The molecular weight excluding hydrogens is 264 g/mol. The number of amides is 2. The Morgan fingerprint density at radius 1 is 1.19 bits per heavy atom. The zero-order chi connectivity index (χ0) is 15.2. The molecule has 3 rings (SSSR count). The molecule has 1 aliphatic carbocycles. The molecule has 0 aromatic heterocycles. The van der Waals surface area contributed by atoms with Gasteiger partial charge in [-0.3, -0.25) is 9.59 Å². The first kappa shape index (κ1) is 14.1. The summed E-state index contributed by atoms with van der Waals surface area (Å²) in [5.41, 5.74) is 1.68. The van der Waals surface area contributed by atoms with Gasteiger partial charge in [-0.05, 0) is 30.4 Å². The van der Waals surface area contributed by atoms with Crippen molar-refractivity contribution >= 4 is 23.2 Å². The SMILES string of the molecule is CC(C)(C)CC(=O)N1CC(=O)N(C2CC2)c2ccccc21. The van der Waals surface area contributed by atoms with Crippen molar-refractivity contribution in [3.63, 3.8) is 0 Å². The lowest BCUT2D eigenvalue weighted by Crippen LogP contribution is -2.49. The number of fused-ring (bicyclic) bond motifs is 1. The van der Waals surface area contributed by atoms with Crippen LogP contribution >= 0.6 is 0 Å². The van der Waals surface area contributed by atoms with Crippen LogP contribution in [0.4, 0.5) is 11.4 Å². The van der Waals surface area contributed by atoms with Crippen LogP contribution < -0.4 is 9.80 Å². The van der Waals surface area contributed by atoms with Gasteiger partial charge in [-0.2, -0.15) is 0 Å². The van der Waals surface area contributed by atoms with Crippen LogP contribution in [-0.2, 0) is 9.59 Å². The maximum atomic E-state index is 12.6. The molecule has 1 heterocycles. The lowest BCUT2D eigenvalue weighted by atomic mass is 9.91. The average Bonchev–Trinajstić information content (AvgIpc) is 3.20. The second-order valence-corrected chi connectivity index (χ2v) is 7.20. The summed E-state index contributed by atoms with van der Waals surface area (Å²) in [6.45, 7) is 6.29. The van der Waals surface area contributed by atoms with Crippen molar-refractivity contribution in [2.75, 3.05) is 16.3 Å². The molecule has 0 spiro atoms. The van der Waals surface area contributed by atoms with Crippen molar-refractivity contribution in [3.05, 3.63) is 24.3 Å². The first-order valence-corrected chi connectivity index (χ1v) is 7.58. The monoisotopic (exact) mass is 286 g/mol. The van der Waals surface area contributed by atoms with Gasteiger partial charge in [-0.1, -0.05) is 32.9 Å². The summed E-state index contributed by atoms with van der Waals surface area (Å²) in [5.74, 6) is 0.0669. The zero-order valence-corrected chi connectivity index (χ0v) is 12.9. The minimum Gasteiger partial charge on any atom is -0.306 e. The molecule has 0 unspecified atom stereocenters. The Labute approximate surface area is 125 Å². The molecule has 112 valence electrons. The van der Waals surface area contributed by atoms with E-state index in [9.17, 15) is 9.59 Å². The number of carbonyl (C=O) groups is 2. The number of hydrogen-bond donors (Lipinski definition) is 0. The molecule has 0 N–H and O–H groups in total. The highest BCUT2D eigenvalue weighted by molar-refractivity contribution is 6.11. The molecule has 1 fully saturated rings. The average molecular weight is 286 g/mol. The van der Waals surface area contributed by atoms with Gasteiger partial charge in [0.1, 0.15) is 6.54 Å². The summed E-state index contributed by atoms with van der Waals surface area (Å²) in [6, 6.07) is 8.08. The van der Waals surface area contributed by atoms with Crippen LogP contribution in [0.3, 0.4) is 0 Å². The van der Waals surface area contributed by atoms with E-state index in [0.29, 0.717) is 12.5 Å². The molecule has 0 radical (unpaired) electrons. The number of rotatable bonds is 2. The highest BCUT2D eigenvalue weighted by atomic mass is 16.2. The van der Waals surface area contributed by atoms with Crippen molar-refractivity contribution in [3.8, 4) is 0 Å². The van der Waals surface area contributed by atoms with E-state index in [1.165, 1.54) is 0 Å². The largest absolute Gasteiger partial charge is 0.306 e. The summed E-state index contributed by atoms with van der Waals surface area (Å²) in [7, 11) is 0. The molecule has 1 saturated carbocycles. The van der Waals surface area contributed by atoms with Gasteiger partial charge in [-0.25, -0.2) is 0 Å². The van der Waals surface area contributed by atoms with Crippen LogP contribution in [0.25, 0.3) is 0 Å². The summed E-state index contributed by atoms with van der Waals surface area (Å²) < 4.78 is 0. The van der Waals surface area contributed by atoms with Gasteiger partial charge in [0, 0.05) is 12.5 Å². The molecule has 2 aliphatic rings. The van der Waals surface area contributed by atoms with Crippen molar-refractivity contribution in [2.24, 2.45) is 5.41 Å². The maximum absolute atomic E-state index is 12.6. The minimum absolute atomic E-state index is 0.0266. The predicted molar refractivity (Wildman–Crippen MR) is 83.4 cm³/mol. The van der Waals surface area contributed by atoms with Gasteiger partial charge in [0.05, 0.1) is 11.4 Å². The maximum Gasteiger partial charge on any atom is 0.247 e. The highest BCUT2D eigenvalue weighted by Crippen LogP contribution is 2.40. The Kier molecular flexibility index (Phi) is 3.27. The third kappa shape index (κ3) is 2.80. The van der Waals surface area contributed by atoms with Gasteiger partial charge in [0.2, 0.25) is 11.8 Å². The predicted octanol–water partition coefficient (Wildman–Crippen LogP) is 2.96. The summed E-state index contributed by atoms with van der Waals surface area (Å²) in [4.78, 5) is 28.6. The second kappa shape index (κ2) is 4.86. The fraction of sp³-hybridized carbons (Fsp3) is 0.529. The first-order chi connectivity index (χ1) is 9.87. The molecule has 2 amide bonds. The van der Waals surface area contributed by atoms with E-state index in [2.05, 4.69) is 0 Å².